The highest BCUT2D eigenvalue weighted by Crippen LogP contribution is 2.56. The Morgan fingerprint density at radius 3 is 1.59 bits per heavy atom. The topological polar surface area (TPSA) is 240 Å². The van der Waals surface area contributed by atoms with Gasteiger partial charge in [-0.15, -0.1) is 0 Å². The van der Waals surface area contributed by atoms with Crippen LogP contribution in [0, 0.1) is 0 Å². The summed E-state index contributed by atoms with van der Waals surface area (Å²) in [7, 11) is 0. The van der Waals surface area contributed by atoms with Crippen LogP contribution in [-0.4, -0.2) is 83.2 Å². The molecule has 5 N–H and O–H groups in total. The van der Waals surface area contributed by atoms with Crippen molar-refractivity contribution in [2.45, 2.75) is 116 Å². The van der Waals surface area contributed by atoms with Gasteiger partial charge in [-0.3, -0.25) is 33.6 Å². The number of hydrogen-bond acceptors (Lipinski definition) is 11. The molecule has 3 aromatic carbocycles. The first-order valence-electron chi connectivity index (χ1n) is 21.2. The van der Waals surface area contributed by atoms with Crippen LogP contribution in [0.25, 0.3) is 0 Å². The number of hydrogen-bond donors (Lipinski definition) is 5. The van der Waals surface area contributed by atoms with Gasteiger partial charge >= 0.3 is 11.9 Å². The highest BCUT2D eigenvalue weighted by molar-refractivity contribution is 5.97. The highest BCUT2D eigenvalue weighted by Gasteiger charge is 2.53. The van der Waals surface area contributed by atoms with Gasteiger partial charge in [0.2, 0.25) is 23.6 Å². The lowest BCUT2D eigenvalue weighted by molar-refractivity contribution is -0.138. The van der Waals surface area contributed by atoms with E-state index in [4.69, 9.17) is 14.6 Å². The summed E-state index contributed by atoms with van der Waals surface area (Å²) in [5.41, 5.74) is 1.76. The average molecular weight is 867 g/mol. The molecule has 0 aliphatic carbocycles. The minimum atomic E-state index is -1.41. The first-order chi connectivity index (χ1) is 30.1. The summed E-state index contributed by atoms with van der Waals surface area (Å²) >= 11 is 0. The third-order valence-electron chi connectivity index (χ3n) is 10.9. The van der Waals surface area contributed by atoms with Crippen LogP contribution in [0.1, 0.15) is 123 Å². The number of unbranched alkanes of at least 4 members (excludes halogenated alkanes) is 2. The summed E-state index contributed by atoms with van der Waals surface area (Å²) in [6.07, 6.45) is 2.48. The Hall–Kier alpha value is -6.71. The third-order valence-corrected chi connectivity index (χ3v) is 10.9. The van der Waals surface area contributed by atoms with Crippen molar-refractivity contribution in [2.24, 2.45) is 0 Å². The molecule has 0 aromatic heterocycles. The number of carbonyl (C=O) groups is 9. The van der Waals surface area contributed by atoms with E-state index < -0.39 is 29.6 Å². The Morgan fingerprint density at radius 1 is 0.619 bits per heavy atom. The number of aliphatic carboxylic acids is 1. The molecule has 0 fully saturated rings. The number of ketones is 3. The lowest BCUT2D eigenvalue weighted by atomic mass is 9.77. The second kappa shape index (κ2) is 21.9. The van der Waals surface area contributed by atoms with Gasteiger partial charge in [0.25, 0.3) is 0 Å². The fraction of sp³-hybridized carbons (Fsp3) is 0.426. The van der Waals surface area contributed by atoms with Crippen molar-refractivity contribution >= 4 is 52.9 Å². The van der Waals surface area contributed by atoms with Gasteiger partial charge in [0.1, 0.15) is 17.3 Å². The van der Waals surface area contributed by atoms with E-state index in [-0.39, 0.29) is 86.0 Å². The van der Waals surface area contributed by atoms with Crippen molar-refractivity contribution in [2.75, 3.05) is 13.1 Å². The van der Waals surface area contributed by atoms with Crippen LogP contribution in [0.15, 0.2) is 60.7 Å². The Bertz CT molecular complexity index is 2150. The van der Waals surface area contributed by atoms with Crippen LogP contribution in [0.5, 0.6) is 11.5 Å². The molecule has 0 radical (unpaired) electrons. The van der Waals surface area contributed by atoms with Gasteiger partial charge < -0.3 is 40.6 Å². The van der Waals surface area contributed by atoms with E-state index in [2.05, 4.69) is 21.3 Å². The van der Waals surface area contributed by atoms with Crippen molar-refractivity contribution in [3.63, 3.8) is 0 Å². The zero-order valence-electron chi connectivity index (χ0n) is 35.8. The van der Waals surface area contributed by atoms with Gasteiger partial charge in [0, 0.05) is 75.7 Å². The van der Waals surface area contributed by atoms with E-state index in [1.807, 2.05) is 6.07 Å². The highest BCUT2D eigenvalue weighted by atomic mass is 16.6. The van der Waals surface area contributed by atoms with Crippen molar-refractivity contribution in [3.8, 4) is 11.5 Å². The molecule has 63 heavy (non-hydrogen) atoms. The number of amides is 4. The van der Waals surface area contributed by atoms with Crippen LogP contribution in [0.3, 0.4) is 0 Å². The lowest BCUT2D eigenvalue weighted by Gasteiger charge is -2.37. The normalized spacial score (nSPS) is 15.3. The molecule has 2 heterocycles. The first kappa shape index (κ1) is 47.3. The Morgan fingerprint density at radius 2 is 1.11 bits per heavy atom. The monoisotopic (exact) mass is 866 g/mol. The molecule has 334 valence electrons. The molecule has 16 heteroatoms. The summed E-state index contributed by atoms with van der Waals surface area (Å²) in [5, 5.41) is 19.7. The average Bonchev–Trinajstić information content (AvgIpc) is 3.52. The zero-order chi connectivity index (χ0) is 45.7. The van der Waals surface area contributed by atoms with E-state index in [0.29, 0.717) is 89.9 Å². The number of carbonyl (C=O) groups excluding carboxylic acids is 8. The molecule has 2 aliphatic heterocycles. The number of esters is 1. The SMILES string of the molecule is CC(=O)CCC(=O)NCCCCC(NC(C)=O)C(=O)Cc1ccc2c(c1)Oc1cc(CC(=O)C(CCCCNC(=O)CCC(=O)O)NC(C)=O)ccc1C21OC(=O)c2ccccc21. The van der Waals surface area contributed by atoms with Crippen LogP contribution in [0.4, 0.5) is 0 Å². The van der Waals surface area contributed by atoms with E-state index >= 15 is 0 Å². The van der Waals surface area contributed by atoms with Crippen LogP contribution in [-0.2, 0) is 61.5 Å². The number of carboxylic acids is 1. The number of Topliss-reactive ketones (excluding diaryl/α,β-unsaturated/α-hetero) is 3. The van der Waals surface area contributed by atoms with Crippen LogP contribution < -0.4 is 26.0 Å². The third kappa shape index (κ3) is 12.7. The zero-order valence-corrected chi connectivity index (χ0v) is 35.8. The Balaban J connectivity index is 1.33. The van der Waals surface area contributed by atoms with E-state index in [0.717, 1.165) is 0 Å². The molecule has 3 atom stereocenters. The number of nitrogens with one attached hydrogen (secondary N) is 4. The summed E-state index contributed by atoms with van der Waals surface area (Å²) in [4.78, 5) is 111. The van der Waals surface area contributed by atoms with Gasteiger partial charge in [-0.2, -0.15) is 0 Å². The van der Waals surface area contributed by atoms with Crippen molar-refractivity contribution in [3.05, 3.63) is 94.0 Å². The predicted octanol–water partition coefficient (Wildman–Crippen LogP) is 4.29. The van der Waals surface area contributed by atoms with Gasteiger partial charge in [0.05, 0.1) is 24.1 Å². The van der Waals surface area contributed by atoms with E-state index in [1.54, 1.807) is 54.6 Å². The molecule has 2 aliphatic rings. The molecule has 3 unspecified atom stereocenters. The van der Waals surface area contributed by atoms with E-state index in [9.17, 15) is 43.2 Å². The smallest absolute Gasteiger partial charge is 0.340 e. The Kier molecular flexibility index (Phi) is 16.4. The summed E-state index contributed by atoms with van der Waals surface area (Å²) in [6.45, 7) is 4.74. The van der Waals surface area contributed by atoms with Crippen molar-refractivity contribution < 1.29 is 57.7 Å². The second-order valence-corrected chi connectivity index (χ2v) is 16.0. The lowest BCUT2D eigenvalue weighted by Crippen LogP contribution is -2.40. The maximum atomic E-state index is 13.7. The predicted molar refractivity (Wildman–Crippen MR) is 228 cm³/mol. The van der Waals surface area contributed by atoms with Gasteiger partial charge in [-0.1, -0.05) is 42.5 Å². The largest absolute Gasteiger partial charge is 0.481 e. The maximum absolute atomic E-state index is 13.7. The fourth-order valence-corrected chi connectivity index (χ4v) is 7.84. The summed E-state index contributed by atoms with van der Waals surface area (Å²) < 4.78 is 12.8. The minimum absolute atomic E-state index is 0.0597. The first-order valence-corrected chi connectivity index (χ1v) is 21.2. The quantitative estimate of drug-likeness (QED) is 0.0626. The molecule has 3 aromatic rings. The van der Waals surface area contributed by atoms with Gasteiger partial charge in [-0.05, 0) is 74.8 Å². The standard InChI is InChI=1S/C47H54N4O12/c1-28(52)14-19-43(57)48-22-8-6-12-37(50-29(2)53)39(55)24-31-15-17-35-41(26-31)62-42-27-32(16-18-36(42)47(35)34-11-5-4-10-33(34)46(61)63-47)25-40(56)38(51-30(3)54)13-7-9-23-49-44(58)20-21-45(59)60/h4-5,10-11,15-18,26-27,37-38H,6-9,12-14,19-25H2,1-3H3,(H,48,57)(H,49,58)(H,50,53)(H,51,54)(H,59,60). The van der Waals surface area contributed by atoms with E-state index in [1.165, 1.54) is 20.8 Å². The molecule has 0 saturated carbocycles. The molecule has 0 saturated heterocycles. The molecule has 4 amide bonds. The second-order valence-electron chi connectivity index (χ2n) is 16.0. The van der Waals surface area contributed by atoms with Gasteiger partial charge in [-0.25, -0.2) is 4.79 Å². The number of fused-ring (bicyclic) bond motifs is 6. The van der Waals surface area contributed by atoms with Crippen LogP contribution >= 0.6 is 0 Å². The number of carboxylic acid groups (broad SMARTS) is 1. The molecule has 5 rings (SSSR count). The Labute approximate surface area is 365 Å². The van der Waals surface area contributed by atoms with Crippen molar-refractivity contribution in [1.29, 1.82) is 0 Å². The number of benzene rings is 3. The van der Waals surface area contributed by atoms with Crippen LogP contribution in [0.2, 0.25) is 0 Å². The molecule has 1 spiro atoms. The molecule has 16 nitrogen and oxygen atoms in total. The summed E-state index contributed by atoms with van der Waals surface area (Å²) in [6, 6.07) is 15.8. The molecular formula is C47H54N4O12. The number of rotatable bonds is 24. The van der Waals surface area contributed by atoms with Gasteiger partial charge in [0.15, 0.2) is 17.2 Å². The minimum Gasteiger partial charge on any atom is -0.481 e. The number of ether oxygens (including phenoxy) is 2. The maximum Gasteiger partial charge on any atom is 0.340 e. The molecular weight excluding hydrogens is 813 g/mol. The summed E-state index contributed by atoms with van der Waals surface area (Å²) in [5.74, 6) is -2.88. The fourth-order valence-electron chi connectivity index (χ4n) is 7.84. The molecule has 0 bridgehead atoms. The van der Waals surface area contributed by atoms with Crippen molar-refractivity contribution in [1.82, 2.24) is 21.3 Å².